The van der Waals surface area contributed by atoms with Crippen molar-refractivity contribution in [1.82, 2.24) is 35.6 Å². The molecule has 3 aromatic rings. The van der Waals surface area contributed by atoms with Gasteiger partial charge in [0, 0.05) is 63.4 Å². The van der Waals surface area contributed by atoms with Gasteiger partial charge in [0.15, 0.2) is 0 Å². The van der Waals surface area contributed by atoms with Gasteiger partial charge in [-0.1, -0.05) is 25.1 Å². The van der Waals surface area contributed by atoms with E-state index < -0.39 is 5.91 Å². The Morgan fingerprint density at radius 2 is 1.74 bits per heavy atom. The topological polar surface area (TPSA) is 231 Å². The second-order valence-corrected chi connectivity index (χ2v) is 14.4. The molecule has 54 heavy (non-hydrogen) atoms. The molecule has 3 fully saturated rings. The average Bonchev–Trinajstić information content (AvgIpc) is 4.06. The Bertz CT molecular complexity index is 1940. The summed E-state index contributed by atoms with van der Waals surface area (Å²) in [5.41, 5.74) is 18.0. The van der Waals surface area contributed by atoms with E-state index in [0.717, 1.165) is 73.1 Å². The first-order valence-corrected chi connectivity index (χ1v) is 18.4. The van der Waals surface area contributed by atoms with Gasteiger partial charge in [-0.25, -0.2) is 9.88 Å². The second-order valence-electron chi connectivity index (χ2n) is 14.4. The van der Waals surface area contributed by atoms with Crippen molar-refractivity contribution in [1.29, 1.82) is 0 Å². The van der Waals surface area contributed by atoms with Crippen LogP contribution in [0.2, 0.25) is 0 Å². The van der Waals surface area contributed by atoms with Crippen molar-refractivity contribution in [3.05, 3.63) is 83.0 Å². The molecule has 0 unspecified atom stereocenters. The van der Waals surface area contributed by atoms with Gasteiger partial charge in [-0.3, -0.25) is 19.5 Å². The number of fused-ring (bicyclic) bond motifs is 3. The number of nitrogens with two attached hydrogens (primary N) is 2. The van der Waals surface area contributed by atoms with Crippen LogP contribution in [-0.4, -0.2) is 93.2 Å². The summed E-state index contributed by atoms with van der Waals surface area (Å²) in [6.07, 6.45) is 9.72. The van der Waals surface area contributed by atoms with Crippen molar-refractivity contribution in [2.45, 2.75) is 69.9 Å². The average molecular weight is 742 g/mol. The number of benzene rings is 1. The van der Waals surface area contributed by atoms with Crippen molar-refractivity contribution in [2.75, 3.05) is 44.4 Å². The van der Waals surface area contributed by atoms with E-state index in [1.807, 2.05) is 31.4 Å². The van der Waals surface area contributed by atoms with E-state index in [1.54, 1.807) is 31.1 Å². The summed E-state index contributed by atoms with van der Waals surface area (Å²) in [7, 11) is 5.29. The number of aromatic nitrogens is 3. The first kappa shape index (κ1) is 38.3. The van der Waals surface area contributed by atoms with Gasteiger partial charge < -0.3 is 47.4 Å². The lowest BCUT2D eigenvalue weighted by Crippen LogP contribution is -2.45. The van der Waals surface area contributed by atoms with Crippen molar-refractivity contribution < 1.29 is 24.6 Å². The van der Waals surface area contributed by atoms with Crippen molar-refractivity contribution in [3.8, 4) is 11.1 Å². The standard InChI is InChI=1S/C25H32N8O2.C13H19N3O3/c1-3-19-22-16(12-28-32-22)15-5-4-6-17(23(15)33(19)2)30-18(21(27)25(35)29-14-9-10-14)11-20(26)31-24(34)13-7-8-13;1-15(2)12(17)10-6-5-7-11(14-10)13(18,19)16-8-3-4-9-16/h4-6,11-14,19,30H,3,7-10,26-27H2,1-2H3,(H,28,32)(H,29,35)(H,31,34);5-7,18-19H,3-4,8-9H2,1-2H3/b20-11+,21-18+;/t19-;/m1./s1. The maximum Gasteiger partial charge on any atom is 0.271 e. The van der Waals surface area contributed by atoms with Gasteiger partial charge in [-0.2, -0.15) is 5.10 Å². The molecular weight excluding hydrogens is 690 g/mol. The van der Waals surface area contributed by atoms with Crippen LogP contribution in [0.1, 0.15) is 79.8 Å². The highest BCUT2D eigenvalue weighted by Crippen LogP contribution is 2.48. The number of para-hydroxylation sites is 1. The van der Waals surface area contributed by atoms with Crippen molar-refractivity contribution in [2.24, 2.45) is 17.4 Å². The number of carbonyl (C=O) groups excluding carboxylic acids is 3. The number of nitrogens with zero attached hydrogens (tertiary/aromatic N) is 5. The van der Waals surface area contributed by atoms with E-state index in [-0.39, 0.29) is 58.6 Å². The molecule has 1 aromatic carbocycles. The summed E-state index contributed by atoms with van der Waals surface area (Å²) in [5.74, 6) is -2.72. The van der Waals surface area contributed by atoms with Crippen LogP contribution in [0.25, 0.3) is 11.1 Å². The number of nitrogens with one attached hydrogen (secondary N) is 4. The third-order valence-electron chi connectivity index (χ3n) is 10.0. The number of anilines is 2. The number of pyridine rings is 1. The van der Waals surface area contributed by atoms with E-state index in [1.165, 1.54) is 17.0 Å². The molecule has 16 nitrogen and oxygen atoms in total. The van der Waals surface area contributed by atoms with Crippen LogP contribution in [0.15, 0.2) is 65.9 Å². The summed E-state index contributed by atoms with van der Waals surface area (Å²) in [4.78, 5) is 46.1. The molecule has 1 saturated heterocycles. The fraction of sp³-hybridized carbons (Fsp3) is 0.447. The van der Waals surface area contributed by atoms with Crippen LogP contribution < -0.4 is 32.3 Å². The quantitative estimate of drug-likeness (QED) is 0.0803. The lowest BCUT2D eigenvalue weighted by molar-refractivity contribution is -0.271. The van der Waals surface area contributed by atoms with E-state index in [0.29, 0.717) is 18.8 Å². The lowest BCUT2D eigenvalue weighted by Gasteiger charge is -2.36. The van der Waals surface area contributed by atoms with Crippen LogP contribution in [-0.2, 0) is 15.5 Å². The fourth-order valence-electron chi connectivity index (χ4n) is 6.72. The number of likely N-dealkylation sites (tertiary alicyclic amines) is 1. The molecule has 7 rings (SSSR count). The SMILES string of the molecule is CC[C@@H]1c2[nH]ncc2-c2cccc(NC(/C=C(\N)NC(=O)C3CC3)=C(/N)C(=O)NC3CC3)c2N1C.CN(C)C(=O)c1cccc(C(O)(O)N2CCCC2)n1. The molecule has 288 valence electrons. The summed E-state index contributed by atoms with van der Waals surface area (Å²) in [6, 6.07) is 10.9. The molecule has 4 heterocycles. The number of hydrogen-bond donors (Lipinski definition) is 8. The van der Waals surface area contributed by atoms with Crippen LogP contribution >= 0.6 is 0 Å². The van der Waals surface area contributed by atoms with E-state index in [9.17, 15) is 24.6 Å². The summed E-state index contributed by atoms with van der Waals surface area (Å²) in [5, 5.41) is 36.8. The first-order valence-electron chi connectivity index (χ1n) is 18.4. The van der Waals surface area contributed by atoms with Gasteiger partial charge in [-0.05, 0) is 63.1 Å². The molecule has 2 aliphatic carbocycles. The summed E-state index contributed by atoms with van der Waals surface area (Å²) in [6.45, 7) is 3.35. The van der Waals surface area contributed by atoms with Crippen LogP contribution in [0.5, 0.6) is 0 Å². The summed E-state index contributed by atoms with van der Waals surface area (Å²) >= 11 is 0. The molecule has 10 N–H and O–H groups in total. The maximum absolute atomic E-state index is 12.8. The van der Waals surface area contributed by atoms with Crippen LogP contribution in [0.4, 0.5) is 11.4 Å². The number of amides is 3. The minimum absolute atomic E-state index is 0.00257. The third-order valence-corrected chi connectivity index (χ3v) is 10.0. The minimum Gasteiger partial charge on any atom is -0.393 e. The van der Waals surface area contributed by atoms with E-state index >= 15 is 0 Å². The van der Waals surface area contributed by atoms with Gasteiger partial charge in [0.2, 0.25) is 5.91 Å². The predicted octanol–water partition coefficient (Wildman–Crippen LogP) is 2.14. The number of carbonyl (C=O) groups is 3. The van der Waals surface area contributed by atoms with Crippen LogP contribution in [0.3, 0.4) is 0 Å². The molecular formula is C38H51N11O5. The van der Waals surface area contributed by atoms with Gasteiger partial charge in [0.05, 0.1) is 35.0 Å². The normalized spacial score (nSPS) is 18.7. The Labute approximate surface area is 314 Å². The van der Waals surface area contributed by atoms with Crippen LogP contribution in [0, 0.1) is 5.92 Å². The molecule has 0 radical (unpaired) electrons. The zero-order valence-corrected chi connectivity index (χ0v) is 31.2. The monoisotopic (exact) mass is 741 g/mol. The number of allylic oxidation sites excluding steroid dienone is 1. The Hall–Kier alpha value is -5.45. The lowest BCUT2D eigenvalue weighted by atomic mass is 9.92. The molecule has 2 saturated carbocycles. The van der Waals surface area contributed by atoms with Crippen molar-refractivity contribution in [3.63, 3.8) is 0 Å². The molecule has 0 bridgehead atoms. The zero-order valence-electron chi connectivity index (χ0n) is 31.2. The fourth-order valence-corrected chi connectivity index (χ4v) is 6.72. The zero-order chi connectivity index (χ0) is 38.7. The second kappa shape index (κ2) is 15.9. The summed E-state index contributed by atoms with van der Waals surface area (Å²) < 4.78 is 0. The molecule has 1 atom stereocenters. The van der Waals surface area contributed by atoms with Gasteiger partial charge in [-0.15, -0.1) is 0 Å². The molecule has 2 aliphatic heterocycles. The maximum atomic E-state index is 12.8. The molecule has 2 aromatic heterocycles. The largest absolute Gasteiger partial charge is 0.393 e. The molecule has 3 amide bonds. The molecule has 16 heteroatoms. The van der Waals surface area contributed by atoms with Gasteiger partial charge in [0.1, 0.15) is 22.9 Å². The number of aromatic amines is 1. The highest BCUT2D eigenvalue weighted by molar-refractivity contribution is 5.96. The Morgan fingerprint density at radius 3 is 2.39 bits per heavy atom. The Kier molecular flexibility index (Phi) is 11.3. The smallest absolute Gasteiger partial charge is 0.271 e. The molecule has 4 aliphatic rings. The highest BCUT2D eigenvalue weighted by Gasteiger charge is 2.38. The van der Waals surface area contributed by atoms with E-state index in [4.69, 9.17) is 11.5 Å². The minimum atomic E-state index is -2.11. The number of H-pyrrole nitrogens is 1. The molecule has 0 spiro atoms. The highest BCUT2D eigenvalue weighted by atomic mass is 16.5. The Morgan fingerprint density at radius 1 is 1.04 bits per heavy atom. The predicted molar refractivity (Wildman–Crippen MR) is 204 cm³/mol. The number of rotatable bonds is 11. The van der Waals surface area contributed by atoms with E-state index in [2.05, 4.69) is 43.0 Å². The third kappa shape index (κ3) is 8.35. The Balaban J connectivity index is 0.000000221. The first-order chi connectivity index (χ1) is 25.8. The van der Waals surface area contributed by atoms with Gasteiger partial charge in [0.25, 0.3) is 17.7 Å². The van der Waals surface area contributed by atoms with Gasteiger partial charge >= 0.3 is 0 Å². The van der Waals surface area contributed by atoms with Crippen molar-refractivity contribution >= 4 is 29.1 Å². The number of hydrogen-bond acceptors (Lipinski definition) is 12. The number of aliphatic hydroxyl groups is 2.